The molecule has 0 radical (unpaired) electrons. The second-order valence-electron chi connectivity index (χ2n) is 4.79. The van der Waals surface area contributed by atoms with Gasteiger partial charge in [-0.05, 0) is 38.3 Å². The van der Waals surface area contributed by atoms with Crippen molar-refractivity contribution < 1.29 is 0 Å². The van der Waals surface area contributed by atoms with Crippen molar-refractivity contribution in [3.8, 4) is 0 Å². The van der Waals surface area contributed by atoms with Crippen LogP contribution in [0.4, 0.5) is 0 Å². The first-order chi connectivity index (χ1) is 7.70. The van der Waals surface area contributed by atoms with E-state index in [4.69, 9.17) is 0 Å². The molecule has 0 spiro atoms. The molecule has 1 aromatic heterocycles. The Hall–Kier alpha value is -1.51. The van der Waals surface area contributed by atoms with Crippen molar-refractivity contribution in [3.63, 3.8) is 0 Å². The fourth-order valence-electron chi connectivity index (χ4n) is 2.75. The summed E-state index contributed by atoms with van der Waals surface area (Å²) < 4.78 is 3.85. The number of hydrogen-bond donors (Lipinski definition) is 0. The van der Waals surface area contributed by atoms with Gasteiger partial charge in [0.15, 0.2) is 0 Å². The van der Waals surface area contributed by atoms with Gasteiger partial charge in [-0.2, -0.15) is 0 Å². The minimum Gasteiger partial charge on any atom is -0.292 e. The zero-order chi connectivity index (χ0) is 11.3. The van der Waals surface area contributed by atoms with E-state index < -0.39 is 0 Å². The quantitative estimate of drug-likeness (QED) is 0.718. The van der Waals surface area contributed by atoms with E-state index in [0.717, 1.165) is 30.4 Å². The zero-order valence-electron chi connectivity index (χ0n) is 9.73. The maximum absolute atomic E-state index is 12.3. The number of aryl methyl sites for hydroxylation is 2. The van der Waals surface area contributed by atoms with Gasteiger partial charge in [0.2, 0.25) is 0 Å². The van der Waals surface area contributed by atoms with Gasteiger partial charge in [0, 0.05) is 12.6 Å². The molecule has 0 amide bonds. The van der Waals surface area contributed by atoms with Crippen LogP contribution in [0.2, 0.25) is 0 Å². The third-order valence-electron chi connectivity index (χ3n) is 3.41. The van der Waals surface area contributed by atoms with Gasteiger partial charge in [-0.1, -0.05) is 12.1 Å². The summed E-state index contributed by atoms with van der Waals surface area (Å²) in [5.74, 6) is 0. The smallest absolute Gasteiger partial charge is 0.292 e. The van der Waals surface area contributed by atoms with Crippen LogP contribution < -0.4 is 5.69 Å². The molecule has 0 bridgehead atoms. The molecule has 1 aliphatic heterocycles. The summed E-state index contributed by atoms with van der Waals surface area (Å²) in [5, 5.41) is 0. The molecule has 0 saturated heterocycles. The number of benzene rings is 1. The Morgan fingerprint density at radius 1 is 1.31 bits per heavy atom. The first-order valence-electron chi connectivity index (χ1n) is 5.93. The van der Waals surface area contributed by atoms with Crippen LogP contribution in [0.3, 0.4) is 0 Å². The first-order valence-corrected chi connectivity index (χ1v) is 5.93. The summed E-state index contributed by atoms with van der Waals surface area (Å²) in [6.07, 6.45) is 2.17. The van der Waals surface area contributed by atoms with Crippen molar-refractivity contribution in [2.45, 2.75) is 39.3 Å². The molecular weight excluding hydrogens is 200 g/mol. The number of para-hydroxylation sites is 1. The number of rotatable bonds is 1. The number of nitrogens with zero attached hydrogens (tertiary/aromatic N) is 2. The van der Waals surface area contributed by atoms with Gasteiger partial charge in [0.25, 0.3) is 0 Å². The third-order valence-corrected chi connectivity index (χ3v) is 3.41. The van der Waals surface area contributed by atoms with Gasteiger partial charge in [-0.15, -0.1) is 0 Å². The molecule has 1 aliphatic rings. The molecule has 3 rings (SSSR count). The van der Waals surface area contributed by atoms with Crippen LogP contribution in [0.15, 0.2) is 23.0 Å². The predicted molar refractivity (Wildman–Crippen MR) is 64.9 cm³/mol. The van der Waals surface area contributed by atoms with Crippen molar-refractivity contribution in [1.82, 2.24) is 9.13 Å². The molecule has 0 saturated carbocycles. The lowest BCUT2D eigenvalue weighted by molar-refractivity contribution is 0.548. The second-order valence-corrected chi connectivity index (χ2v) is 4.79. The SMILES string of the molecule is CC(C)n1c(=O)n2c3c(cccc31)CCC2. The lowest BCUT2D eigenvalue weighted by Gasteiger charge is -2.13. The van der Waals surface area contributed by atoms with Crippen molar-refractivity contribution in [2.75, 3.05) is 0 Å². The highest BCUT2D eigenvalue weighted by atomic mass is 16.1. The van der Waals surface area contributed by atoms with Crippen LogP contribution in [0, 0.1) is 0 Å². The molecule has 0 aliphatic carbocycles. The summed E-state index contributed by atoms with van der Waals surface area (Å²) in [6.45, 7) is 5.00. The van der Waals surface area contributed by atoms with Gasteiger partial charge in [-0.25, -0.2) is 4.79 Å². The van der Waals surface area contributed by atoms with E-state index in [2.05, 4.69) is 32.0 Å². The molecule has 0 fully saturated rings. The molecule has 0 atom stereocenters. The number of imidazole rings is 1. The molecule has 2 aromatic rings. The summed E-state index contributed by atoms with van der Waals surface area (Å²) in [6, 6.07) is 6.49. The minimum atomic E-state index is 0.150. The highest BCUT2D eigenvalue weighted by Crippen LogP contribution is 2.25. The van der Waals surface area contributed by atoms with Crippen molar-refractivity contribution in [3.05, 3.63) is 34.2 Å². The predicted octanol–water partition coefficient (Wildman–Crippen LogP) is 2.33. The maximum Gasteiger partial charge on any atom is 0.329 e. The van der Waals surface area contributed by atoms with Gasteiger partial charge in [0.1, 0.15) is 0 Å². The Balaban J connectivity index is 2.51. The zero-order valence-corrected chi connectivity index (χ0v) is 9.73. The molecule has 2 heterocycles. The van der Waals surface area contributed by atoms with E-state index >= 15 is 0 Å². The standard InChI is InChI=1S/C13H16N2O/c1-9(2)15-11-7-3-5-10-6-4-8-14(12(10)11)13(15)16/h3,5,7,9H,4,6,8H2,1-2H3. The molecular formula is C13H16N2O. The normalized spacial score (nSPS) is 14.9. The summed E-state index contributed by atoms with van der Waals surface area (Å²) in [5.41, 5.74) is 3.72. The molecule has 0 N–H and O–H groups in total. The Kier molecular flexibility index (Phi) is 1.96. The highest BCUT2D eigenvalue weighted by Gasteiger charge is 2.20. The van der Waals surface area contributed by atoms with Crippen LogP contribution in [-0.2, 0) is 13.0 Å². The van der Waals surface area contributed by atoms with Crippen molar-refractivity contribution >= 4 is 11.0 Å². The Labute approximate surface area is 94.3 Å². The molecule has 3 nitrogen and oxygen atoms in total. The number of hydrogen-bond acceptors (Lipinski definition) is 1. The van der Waals surface area contributed by atoms with Gasteiger partial charge < -0.3 is 0 Å². The van der Waals surface area contributed by atoms with Crippen LogP contribution in [0.1, 0.15) is 31.9 Å². The fourth-order valence-corrected chi connectivity index (χ4v) is 2.75. The first kappa shape index (κ1) is 9.70. The van der Waals surface area contributed by atoms with E-state index in [9.17, 15) is 4.79 Å². The lowest BCUT2D eigenvalue weighted by atomic mass is 10.0. The average Bonchev–Trinajstić information content (AvgIpc) is 2.55. The Morgan fingerprint density at radius 2 is 2.12 bits per heavy atom. The monoisotopic (exact) mass is 216 g/mol. The molecule has 3 heteroatoms. The molecule has 1 aromatic carbocycles. The third kappa shape index (κ3) is 1.11. The fraction of sp³-hybridized carbons (Fsp3) is 0.462. The van der Waals surface area contributed by atoms with E-state index in [1.165, 1.54) is 5.56 Å². The molecule has 84 valence electrons. The second kappa shape index (κ2) is 3.24. The minimum absolute atomic E-state index is 0.150. The summed E-state index contributed by atoms with van der Waals surface area (Å²) >= 11 is 0. The lowest BCUT2D eigenvalue weighted by Crippen LogP contribution is -2.26. The van der Waals surface area contributed by atoms with Gasteiger partial charge in [0.05, 0.1) is 11.0 Å². The van der Waals surface area contributed by atoms with E-state index in [-0.39, 0.29) is 11.7 Å². The summed E-state index contributed by atoms with van der Waals surface area (Å²) in [4.78, 5) is 12.3. The van der Waals surface area contributed by atoms with Crippen LogP contribution >= 0.6 is 0 Å². The van der Waals surface area contributed by atoms with Crippen LogP contribution in [-0.4, -0.2) is 9.13 Å². The maximum atomic E-state index is 12.3. The molecule has 0 unspecified atom stereocenters. The van der Waals surface area contributed by atoms with E-state index in [1.807, 2.05) is 9.13 Å². The van der Waals surface area contributed by atoms with Crippen LogP contribution in [0.5, 0.6) is 0 Å². The van der Waals surface area contributed by atoms with Crippen molar-refractivity contribution in [2.24, 2.45) is 0 Å². The van der Waals surface area contributed by atoms with Crippen molar-refractivity contribution in [1.29, 1.82) is 0 Å². The average molecular weight is 216 g/mol. The molecule has 16 heavy (non-hydrogen) atoms. The summed E-state index contributed by atoms with van der Waals surface area (Å²) in [7, 11) is 0. The van der Waals surface area contributed by atoms with Crippen LogP contribution in [0.25, 0.3) is 11.0 Å². The van der Waals surface area contributed by atoms with E-state index in [1.54, 1.807) is 0 Å². The Morgan fingerprint density at radius 3 is 2.88 bits per heavy atom. The highest BCUT2D eigenvalue weighted by molar-refractivity contribution is 5.80. The largest absolute Gasteiger partial charge is 0.329 e. The van der Waals surface area contributed by atoms with E-state index in [0.29, 0.717) is 0 Å². The van der Waals surface area contributed by atoms with Gasteiger partial charge >= 0.3 is 5.69 Å². The number of aromatic nitrogens is 2. The topological polar surface area (TPSA) is 26.9 Å². The van der Waals surface area contributed by atoms with Gasteiger partial charge in [-0.3, -0.25) is 9.13 Å². The Bertz CT molecular complexity index is 604.